The molecular weight excluding hydrogens is 352 g/mol. The van der Waals surface area contributed by atoms with Crippen molar-refractivity contribution in [2.45, 2.75) is 26.9 Å². The van der Waals surface area contributed by atoms with Crippen molar-refractivity contribution in [3.8, 4) is 0 Å². The van der Waals surface area contributed by atoms with Gasteiger partial charge in [-0.3, -0.25) is 14.3 Å². The van der Waals surface area contributed by atoms with Crippen LogP contribution in [0.5, 0.6) is 0 Å². The third-order valence-electron chi connectivity index (χ3n) is 4.23. The Hall–Kier alpha value is -2.60. The van der Waals surface area contributed by atoms with Crippen LogP contribution in [0.15, 0.2) is 43.1 Å². The summed E-state index contributed by atoms with van der Waals surface area (Å²) in [6.07, 6.45) is 2.82. The van der Waals surface area contributed by atoms with Gasteiger partial charge in [0, 0.05) is 32.7 Å². The van der Waals surface area contributed by atoms with Crippen LogP contribution < -0.4 is 4.90 Å². The van der Waals surface area contributed by atoms with Crippen molar-refractivity contribution in [1.29, 1.82) is 0 Å². The molecule has 1 heterocycles. The zero-order valence-corrected chi connectivity index (χ0v) is 16.0. The molecule has 0 atom stereocenters. The fraction of sp³-hybridized carbons (Fsp3) is 0.316. The number of rotatable bonds is 7. The Morgan fingerprint density at radius 3 is 2.54 bits per heavy atom. The smallest absolute Gasteiger partial charge is 0.250 e. The van der Waals surface area contributed by atoms with E-state index in [1.54, 1.807) is 27.7 Å². The van der Waals surface area contributed by atoms with Gasteiger partial charge in [0.2, 0.25) is 5.91 Å². The number of halogens is 1. The molecule has 2 rings (SSSR count). The molecule has 2 aromatic rings. The molecule has 0 N–H and O–H groups in total. The maximum Gasteiger partial charge on any atom is 0.250 e. The van der Waals surface area contributed by atoms with Gasteiger partial charge in [-0.05, 0) is 24.6 Å². The van der Waals surface area contributed by atoms with Crippen LogP contribution in [0, 0.1) is 0 Å². The lowest BCUT2D eigenvalue weighted by atomic mass is 10.1. The second kappa shape index (κ2) is 8.67. The molecular formula is C19H23ClN4O2. The van der Waals surface area contributed by atoms with Crippen molar-refractivity contribution in [1.82, 2.24) is 14.7 Å². The van der Waals surface area contributed by atoms with E-state index >= 15 is 0 Å². The Bertz CT molecular complexity index is 796. The van der Waals surface area contributed by atoms with Gasteiger partial charge in [0.1, 0.15) is 0 Å². The van der Waals surface area contributed by atoms with Crippen LogP contribution in [-0.2, 0) is 29.7 Å². The Morgan fingerprint density at radius 2 is 2.00 bits per heavy atom. The molecule has 26 heavy (non-hydrogen) atoms. The van der Waals surface area contributed by atoms with Crippen molar-refractivity contribution < 1.29 is 9.59 Å². The predicted molar refractivity (Wildman–Crippen MR) is 103 cm³/mol. The summed E-state index contributed by atoms with van der Waals surface area (Å²) >= 11 is 6.21. The second-order valence-electron chi connectivity index (χ2n) is 5.85. The maximum atomic E-state index is 12.6. The van der Waals surface area contributed by atoms with E-state index in [1.807, 2.05) is 31.2 Å². The summed E-state index contributed by atoms with van der Waals surface area (Å²) in [7, 11) is 1.78. The molecule has 0 spiro atoms. The lowest BCUT2D eigenvalue weighted by molar-refractivity contribution is -0.129. The van der Waals surface area contributed by atoms with Crippen LogP contribution in [0.2, 0.25) is 5.02 Å². The van der Waals surface area contributed by atoms with Gasteiger partial charge in [0.15, 0.2) is 0 Å². The Balaban J connectivity index is 2.44. The molecule has 2 amide bonds. The minimum Gasteiger partial charge on any atom is -0.339 e. The van der Waals surface area contributed by atoms with E-state index in [2.05, 4.69) is 11.7 Å². The summed E-state index contributed by atoms with van der Waals surface area (Å²) in [5.41, 5.74) is 2.31. The van der Waals surface area contributed by atoms with Crippen molar-refractivity contribution in [3.63, 3.8) is 0 Å². The average molecular weight is 375 g/mol. The molecule has 0 unspecified atom stereocenters. The van der Waals surface area contributed by atoms with Crippen molar-refractivity contribution in [2.24, 2.45) is 7.05 Å². The number of carbonyl (C=O) groups excluding carboxylic acids is 2. The highest BCUT2D eigenvalue weighted by Crippen LogP contribution is 2.26. The highest BCUT2D eigenvalue weighted by Gasteiger charge is 2.21. The largest absolute Gasteiger partial charge is 0.339 e. The number of aromatic nitrogens is 2. The first-order valence-corrected chi connectivity index (χ1v) is 8.70. The molecule has 7 heteroatoms. The Labute approximate surface area is 158 Å². The van der Waals surface area contributed by atoms with Crippen LogP contribution >= 0.6 is 11.6 Å². The fourth-order valence-corrected chi connectivity index (χ4v) is 2.94. The fourth-order valence-electron chi connectivity index (χ4n) is 2.71. The van der Waals surface area contributed by atoms with E-state index in [-0.39, 0.29) is 18.4 Å². The Kier molecular flexibility index (Phi) is 6.58. The number of carbonyl (C=O) groups is 2. The van der Waals surface area contributed by atoms with Gasteiger partial charge in [0.05, 0.1) is 23.5 Å². The lowest BCUT2D eigenvalue weighted by Gasteiger charge is -2.27. The molecule has 0 aliphatic rings. The lowest BCUT2D eigenvalue weighted by Crippen LogP contribution is -2.33. The zero-order valence-electron chi connectivity index (χ0n) is 15.3. The number of benzene rings is 1. The number of para-hydroxylation sites is 1. The molecule has 0 aliphatic heterocycles. The summed E-state index contributed by atoms with van der Waals surface area (Å²) in [5, 5.41) is 4.61. The van der Waals surface area contributed by atoms with E-state index in [4.69, 9.17) is 11.6 Å². The molecule has 0 radical (unpaired) electrons. The summed E-state index contributed by atoms with van der Waals surface area (Å²) in [5.74, 6) is -0.265. The first kappa shape index (κ1) is 19.7. The number of amides is 2. The number of anilines is 1. The normalized spacial score (nSPS) is 10.5. The first-order chi connectivity index (χ1) is 12.4. The number of aryl methyl sites for hydroxylation is 1. The van der Waals surface area contributed by atoms with Crippen molar-refractivity contribution in [3.05, 3.63) is 59.4 Å². The van der Waals surface area contributed by atoms with Crippen LogP contribution in [-0.4, -0.2) is 33.0 Å². The van der Waals surface area contributed by atoms with Crippen LogP contribution in [0.25, 0.3) is 0 Å². The topological polar surface area (TPSA) is 58.4 Å². The highest BCUT2D eigenvalue weighted by molar-refractivity contribution is 6.31. The molecule has 0 saturated heterocycles. The number of hydrogen-bond donors (Lipinski definition) is 0. The van der Waals surface area contributed by atoms with Crippen LogP contribution in [0.4, 0.5) is 5.69 Å². The van der Waals surface area contributed by atoms with Gasteiger partial charge < -0.3 is 9.80 Å². The van der Waals surface area contributed by atoms with Gasteiger partial charge >= 0.3 is 0 Å². The van der Waals surface area contributed by atoms with Crippen molar-refractivity contribution >= 4 is 29.1 Å². The maximum absolute atomic E-state index is 12.6. The summed E-state index contributed by atoms with van der Waals surface area (Å²) < 4.78 is 1.64. The molecule has 0 bridgehead atoms. The summed E-state index contributed by atoms with van der Waals surface area (Å²) in [6, 6.07) is 7.52. The summed E-state index contributed by atoms with van der Waals surface area (Å²) in [4.78, 5) is 27.7. The molecule has 1 aromatic heterocycles. The number of nitrogens with zero attached hydrogens (tertiary/aromatic N) is 4. The summed E-state index contributed by atoms with van der Waals surface area (Å²) in [6.45, 7) is 8.33. The SMILES string of the molecule is C=CC(=O)N(Cc1c(Cl)cnn1C)c1ccccc1CN(CC)C(C)=O. The minimum atomic E-state index is -0.249. The van der Waals surface area contributed by atoms with Crippen LogP contribution in [0.1, 0.15) is 25.1 Å². The zero-order chi connectivity index (χ0) is 19.3. The van der Waals surface area contributed by atoms with Crippen molar-refractivity contribution in [2.75, 3.05) is 11.4 Å². The second-order valence-corrected chi connectivity index (χ2v) is 6.26. The van der Waals surface area contributed by atoms with E-state index in [0.717, 1.165) is 16.9 Å². The highest BCUT2D eigenvalue weighted by atomic mass is 35.5. The molecule has 0 fully saturated rings. The molecule has 0 saturated carbocycles. The average Bonchev–Trinajstić information content (AvgIpc) is 2.95. The standard InChI is InChI=1S/C19H23ClN4O2/c1-5-19(26)24(13-18-16(20)11-21-22(18)4)17-10-8-7-9-15(17)12-23(6-2)14(3)25/h5,7-11H,1,6,12-13H2,2-4H3. The van der Waals surface area contributed by atoms with E-state index in [9.17, 15) is 9.59 Å². The predicted octanol–water partition coefficient (Wildman–Crippen LogP) is 3.16. The monoisotopic (exact) mass is 374 g/mol. The molecule has 6 nitrogen and oxygen atoms in total. The van der Waals surface area contributed by atoms with Gasteiger partial charge in [0.25, 0.3) is 5.91 Å². The molecule has 138 valence electrons. The third-order valence-corrected chi connectivity index (χ3v) is 4.55. The van der Waals surface area contributed by atoms with Gasteiger partial charge in [-0.2, -0.15) is 5.10 Å². The van der Waals surface area contributed by atoms with Gasteiger partial charge in [-0.1, -0.05) is 36.4 Å². The quantitative estimate of drug-likeness (QED) is 0.699. The van der Waals surface area contributed by atoms with Gasteiger partial charge in [-0.25, -0.2) is 0 Å². The van der Waals surface area contributed by atoms with E-state index < -0.39 is 0 Å². The van der Waals surface area contributed by atoms with E-state index in [1.165, 1.54) is 13.0 Å². The third kappa shape index (κ3) is 4.32. The molecule has 0 aliphatic carbocycles. The Morgan fingerprint density at radius 1 is 1.31 bits per heavy atom. The number of hydrogen-bond acceptors (Lipinski definition) is 3. The van der Waals surface area contributed by atoms with Crippen LogP contribution in [0.3, 0.4) is 0 Å². The first-order valence-electron chi connectivity index (χ1n) is 8.32. The minimum absolute atomic E-state index is 0.0152. The van der Waals surface area contributed by atoms with Gasteiger partial charge in [-0.15, -0.1) is 0 Å². The van der Waals surface area contributed by atoms with E-state index in [0.29, 0.717) is 18.1 Å². The molecule has 1 aromatic carbocycles.